The topological polar surface area (TPSA) is 43.1 Å². The molecule has 0 radical (unpaired) electrons. The average molecular weight is 225 g/mol. The molecule has 0 unspecified atom stereocenters. The second-order valence-corrected chi connectivity index (χ2v) is 5.26. The van der Waals surface area contributed by atoms with Crippen LogP contribution in [0.4, 0.5) is 0 Å². The third kappa shape index (κ3) is 3.83. The highest BCUT2D eigenvalue weighted by Gasteiger charge is 2.13. The van der Waals surface area contributed by atoms with Crippen molar-refractivity contribution in [1.82, 2.24) is 0 Å². The fourth-order valence-electron chi connectivity index (χ4n) is 1.30. The summed E-state index contributed by atoms with van der Waals surface area (Å²) in [5.74, 6) is 0.308. The maximum Gasteiger partial charge on any atom is 0.247 e. The first kappa shape index (κ1) is 11.9. The van der Waals surface area contributed by atoms with Crippen LogP contribution in [0.3, 0.4) is 0 Å². The molecule has 3 nitrogen and oxygen atoms in total. The number of nitrogens with zero attached hydrogens (tertiary/aromatic N) is 1. The predicted octanol–water partition coefficient (Wildman–Crippen LogP) is 3.72. The van der Waals surface area contributed by atoms with Crippen molar-refractivity contribution in [1.29, 1.82) is 0 Å². The fraction of sp³-hybridized carbons (Fsp3) is 0.455. The minimum absolute atomic E-state index is 0.283. The molecule has 1 aromatic heterocycles. The number of aryl methyl sites for hydroxylation is 1. The van der Waals surface area contributed by atoms with Gasteiger partial charge in [-0.2, -0.15) is 0 Å². The third-order valence-corrected chi connectivity index (χ3v) is 2.87. The molecule has 0 fully saturated rings. The van der Waals surface area contributed by atoms with E-state index >= 15 is 0 Å². The van der Waals surface area contributed by atoms with Gasteiger partial charge >= 0.3 is 0 Å². The van der Waals surface area contributed by atoms with Crippen LogP contribution in [-0.4, -0.2) is 4.92 Å². The molecule has 0 aliphatic heterocycles. The van der Waals surface area contributed by atoms with Crippen molar-refractivity contribution in [2.24, 2.45) is 5.92 Å². The van der Waals surface area contributed by atoms with Crippen LogP contribution in [-0.2, 0) is 0 Å². The van der Waals surface area contributed by atoms with Crippen LogP contribution in [0.15, 0.2) is 17.8 Å². The minimum Gasteiger partial charge on any atom is -0.259 e. The highest BCUT2D eigenvalue weighted by molar-refractivity contribution is 7.12. The van der Waals surface area contributed by atoms with Crippen molar-refractivity contribution in [2.75, 3.05) is 0 Å². The van der Waals surface area contributed by atoms with E-state index in [1.807, 2.05) is 32.9 Å². The summed E-state index contributed by atoms with van der Waals surface area (Å²) in [6, 6.07) is 3.90. The Labute approximate surface area is 93.6 Å². The van der Waals surface area contributed by atoms with Gasteiger partial charge in [0.15, 0.2) is 0 Å². The molecule has 0 atom stereocenters. The Morgan fingerprint density at radius 1 is 1.60 bits per heavy atom. The lowest BCUT2D eigenvalue weighted by atomic mass is 10.1. The number of hydrogen-bond acceptors (Lipinski definition) is 3. The zero-order valence-corrected chi connectivity index (χ0v) is 10.0. The molecule has 82 valence electrons. The second kappa shape index (κ2) is 5.07. The van der Waals surface area contributed by atoms with Gasteiger partial charge in [0, 0.05) is 22.3 Å². The molecule has 4 heteroatoms. The van der Waals surface area contributed by atoms with Gasteiger partial charge in [-0.05, 0) is 25.0 Å². The van der Waals surface area contributed by atoms with Crippen molar-refractivity contribution >= 4 is 17.4 Å². The fourth-order valence-corrected chi connectivity index (χ4v) is 2.14. The first-order valence-electron chi connectivity index (χ1n) is 4.90. The van der Waals surface area contributed by atoms with Crippen molar-refractivity contribution in [3.63, 3.8) is 0 Å². The Hall–Kier alpha value is -1.16. The average Bonchev–Trinajstić information content (AvgIpc) is 2.49. The van der Waals surface area contributed by atoms with Gasteiger partial charge in [-0.15, -0.1) is 11.3 Å². The van der Waals surface area contributed by atoms with Crippen molar-refractivity contribution in [2.45, 2.75) is 27.2 Å². The van der Waals surface area contributed by atoms with Crippen LogP contribution in [0.25, 0.3) is 6.08 Å². The summed E-state index contributed by atoms with van der Waals surface area (Å²) in [4.78, 5) is 12.6. The standard InChI is InChI=1S/C11H15NO2S/c1-8(2)6-10(12(13)14)7-11-5-4-9(3)15-11/h4-5,7-8H,6H2,1-3H3. The van der Waals surface area contributed by atoms with Crippen molar-refractivity contribution in [3.05, 3.63) is 37.7 Å². The zero-order valence-electron chi connectivity index (χ0n) is 9.19. The third-order valence-electron chi connectivity index (χ3n) is 1.92. The smallest absolute Gasteiger partial charge is 0.247 e. The van der Waals surface area contributed by atoms with E-state index in [0.717, 1.165) is 4.88 Å². The summed E-state index contributed by atoms with van der Waals surface area (Å²) in [5.41, 5.74) is 0.298. The first-order valence-corrected chi connectivity index (χ1v) is 5.72. The van der Waals surface area contributed by atoms with Crippen LogP contribution < -0.4 is 0 Å². The van der Waals surface area contributed by atoms with Crippen LogP contribution >= 0.6 is 11.3 Å². The Morgan fingerprint density at radius 3 is 2.67 bits per heavy atom. The Bertz CT molecular complexity index is 380. The lowest BCUT2D eigenvalue weighted by molar-refractivity contribution is -0.427. The van der Waals surface area contributed by atoms with E-state index < -0.39 is 0 Å². The summed E-state index contributed by atoms with van der Waals surface area (Å²) in [5, 5.41) is 10.8. The SMILES string of the molecule is Cc1ccc(C=C(CC(C)C)[N+](=O)[O-])s1. The molecule has 15 heavy (non-hydrogen) atoms. The molecule has 0 saturated heterocycles. The Balaban J connectivity index is 2.88. The van der Waals surface area contributed by atoms with Gasteiger partial charge in [-0.1, -0.05) is 13.8 Å². The number of hydrogen-bond donors (Lipinski definition) is 0. The largest absolute Gasteiger partial charge is 0.259 e. The lowest BCUT2D eigenvalue weighted by Crippen LogP contribution is -2.01. The van der Waals surface area contributed by atoms with Crippen LogP contribution in [0.1, 0.15) is 30.0 Å². The number of nitro groups is 1. The van der Waals surface area contributed by atoms with Gasteiger partial charge in [0.25, 0.3) is 0 Å². The molecule has 0 amide bonds. The minimum atomic E-state index is -0.283. The molecule has 1 aromatic rings. The predicted molar refractivity (Wildman–Crippen MR) is 63.5 cm³/mol. The summed E-state index contributed by atoms with van der Waals surface area (Å²) in [6.45, 7) is 5.96. The highest BCUT2D eigenvalue weighted by Crippen LogP contribution is 2.21. The maximum absolute atomic E-state index is 10.8. The number of thiophene rings is 1. The van der Waals surface area contributed by atoms with Gasteiger partial charge < -0.3 is 0 Å². The van der Waals surface area contributed by atoms with Crippen molar-refractivity contribution in [3.8, 4) is 0 Å². The molecule has 1 heterocycles. The van der Waals surface area contributed by atoms with Crippen LogP contribution in [0.2, 0.25) is 0 Å². The van der Waals surface area contributed by atoms with Gasteiger partial charge in [-0.25, -0.2) is 0 Å². The van der Waals surface area contributed by atoms with Gasteiger partial charge in [0.2, 0.25) is 5.70 Å². The normalized spacial score (nSPS) is 12.1. The lowest BCUT2D eigenvalue weighted by Gasteiger charge is -2.01. The molecule has 0 N–H and O–H groups in total. The molecule has 0 saturated carbocycles. The Kier molecular flexibility index (Phi) is 4.03. The zero-order chi connectivity index (χ0) is 11.4. The Morgan fingerprint density at radius 2 is 2.27 bits per heavy atom. The second-order valence-electron chi connectivity index (χ2n) is 3.94. The number of rotatable bonds is 4. The summed E-state index contributed by atoms with van der Waals surface area (Å²) in [6.07, 6.45) is 2.20. The van der Waals surface area contributed by atoms with E-state index in [4.69, 9.17) is 0 Å². The molecular weight excluding hydrogens is 210 g/mol. The van der Waals surface area contributed by atoms with Crippen LogP contribution in [0, 0.1) is 23.0 Å². The molecule has 0 bridgehead atoms. The van der Waals surface area contributed by atoms with E-state index in [1.54, 1.807) is 17.4 Å². The van der Waals surface area contributed by atoms with Gasteiger partial charge in [-0.3, -0.25) is 10.1 Å². The van der Waals surface area contributed by atoms with Gasteiger partial charge in [0.1, 0.15) is 0 Å². The molecule has 0 aliphatic rings. The van der Waals surface area contributed by atoms with Crippen LogP contribution in [0.5, 0.6) is 0 Å². The summed E-state index contributed by atoms with van der Waals surface area (Å²) < 4.78 is 0. The monoisotopic (exact) mass is 225 g/mol. The van der Waals surface area contributed by atoms with Crippen molar-refractivity contribution < 1.29 is 4.92 Å². The quantitative estimate of drug-likeness (QED) is 0.579. The van der Waals surface area contributed by atoms with E-state index in [9.17, 15) is 10.1 Å². The van der Waals surface area contributed by atoms with E-state index in [1.165, 1.54) is 4.88 Å². The van der Waals surface area contributed by atoms with Gasteiger partial charge in [0.05, 0.1) is 4.92 Å². The summed E-state index contributed by atoms with van der Waals surface area (Å²) >= 11 is 1.58. The first-order chi connectivity index (χ1) is 6.99. The highest BCUT2D eigenvalue weighted by atomic mass is 32.1. The molecule has 0 aliphatic carbocycles. The summed E-state index contributed by atoms with van der Waals surface area (Å²) in [7, 11) is 0. The molecule has 0 spiro atoms. The maximum atomic E-state index is 10.8. The number of allylic oxidation sites excluding steroid dienone is 1. The van der Waals surface area contributed by atoms with E-state index in [-0.39, 0.29) is 4.92 Å². The van der Waals surface area contributed by atoms with E-state index in [0.29, 0.717) is 18.0 Å². The molecular formula is C11H15NO2S. The molecule has 1 rings (SSSR count). The van der Waals surface area contributed by atoms with E-state index in [2.05, 4.69) is 0 Å². The molecule has 0 aromatic carbocycles.